The maximum absolute atomic E-state index is 12.2. The van der Waals surface area contributed by atoms with Crippen LogP contribution in [0.25, 0.3) is 0 Å². The average molecular weight is 259 g/mol. The molecule has 0 aromatic heterocycles. The Kier molecular flexibility index (Phi) is 4.62. The molecule has 2 nitrogen and oxygen atoms in total. The Morgan fingerprint density at radius 2 is 1.95 bits per heavy atom. The summed E-state index contributed by atoms with van der Waals surface area (Å²) in [7, 11) is 1.91. The first-order chi connectivity index (χ1) is 9.11. The molecule has 2 rings (SSSR count). The van der Waals surface area contributed by atoms with E-state index in [2.05, 4.69) is 32.0 Å². The molecule has 1 atom stereocenters. The SMILES string of the molecule is CCC(C)N(C)C(=O)Cc1ccc2c(c1)CCCC2. The first-order valence-corrected chi connectivity index (χ1v) is 7.48. The van der Waals surface area contributed by atoms with E-state index < -0.39 is 0 Å². The van der Waals surface area contributed by atoms with Gasteiger partial charge in [-0.3, -0.25) is 4.79 Å². The van der Waals surface area contributed by atoms with E-state index in [0.717, 1.165) is 6.42 Å². The summed E-state index contributed by atoms with van der Waals surface area (Å²) in [6.45, 7) is 4.22. The second-order valence-corrected chi connectivity index (χ2v) is 5.75. The van der Waals surface area contributed by atoms with Gasteiger partial charge in [-0.1, -0.05) is 25.1 Å². The monoisotopic (exact) mass is 259 g/mol. The molecule has 0 aliphatic heterocycles. The van der Waals surface area contributed by atoms with E-state index in [9.17, 15) is 4.79 Å². The molecule has 0 saturated heterocycles. The van der Waals surface area contributed by atoms with Crippen molar-refractivity contribution in [2.45, 2.75) is 58.4 Å². The molecule has 0 saturated carbocycles. The van der Waals surface area contributed by atoms with Crippen molar-refractivity contribution in [3.63, 3.8) is 0 Å². The molecule has 0 spiro atoms. The zero-order valence-electron chi connectivity index (χ0n) is 12.4. The van der Waals surface area contributed by atoms with Gasteiger partial charge in [0, 0.05) is 13.1 Å². The van der Waals surface area contributed by atoms with Crippen molar-refractivity contribution in [3.05, 3.63) is 34.9 Å². The maximum Gasteiger partial charge on any atom is 0.226 e. The Morgan fingerprint density at radius 3 is 2.63 bits per heavy atom. The van der Waals surface area contributed by atoms with E-state index >= 15 is 0 Å². The number of hydrogen-bond donors (Lipinski definition) is 0. The van der Waals surface area contributed by atoms with Crippen LogP contribution >= 0.6 is 0 Å². The third-order valence-electron chi connectivity index (χ3n) is 4.41. The highest BCUT2D eigenvalue weighted by Gasteiger charge is 2.16. The summed E-state index contributed by atoms with van der Waals surface area (Å²) in [4.78, 5) is 14.1. The lowest BCUT2D eigenvalue weighted by atomic mass is 9.90. The summed E-state index contributed by atoms with van der Waals surface area (Å²) in [5, 5.41) is 0. The smallest absolute Gasteiger partial charge is 0.226 e. The molecule has 104 valence electrons. The lowest BCUT2D eigenvalue weighted by Gasteiger charge is -2.24. The minimum Gasteiger partial charge on any atom is -0.343 e. The van der Waals surface area contributed by atoms with Gasteiger partial charge in [0.25, 0.3) is 0 Å². The van der Waals surface area contributed by atoms with E-state index in [0.29, 0.717) is 12.5 Å². The van der Waals surface area contributed by atoms with E-state index in [1.54, 1.807) is 0 Å². The zero-order valence-corrected chi connectivity index (χ0v) is 12.4. The van der Waals surface area contributed by atoms with Gasteiger partial charge in [-0.2, -0.15) is 0 Å². The van der Waals surface area contributed by atoms with Crippen molar-refractivity contribution < 1.29 is 4.79 Å². The van der Waals surface area contributed by atoms with Crippen molar-refractivity contribution in [1.82, 2.24) is 4.90 Å². The van der Waals surface area contributed by atoms with Gasteiger partial charge in [-0.25, -0.2) is 0 Å². The third kappa shape index (κ3) is 3.37. The van der Waals surface area contributed by atoms with Crippen LogP contribution in [0.1, 0.15) is 49.8 Å². The molecule has 0 bridgehead atoms. The maximum atomic E-state index is 12.2. The number of fused-ring (bicyclic) bond motifs is 1. The van der Waals surface area contributed by atoms with E-state index in [-0.39, 0.29) is 5.91 Å². The first kappa shape index (κ1) is 14.1. The molecule has 1 unspecified atom stereocenters. The summed E-state index contributed by atoms with van der Waals surface area (Å²) >= 11 is 0. The van der Waals surface area contributed by atoms with Crippen LogP contribution in [-0.2, 0) is 24.1 Å². The van der Waals surface area contributed by atoms with E-state index in [4.69, 9.17) is 0 Å². The lowest BCUT2D eigenvalue weighted by molar-refractivity contribution is -0.130. The van der Waals surface area contributed by atoms with Gasteiger partial charge in [0.2, 0.25) is 5.91 Å². The average Bonchev–Trinajstić information content (AvgIpc) is 2.45. The van der Waals surface area contributed by atoms with Crippen LogP contribution in [-0.4, -0.2) is 23.9 Å². The Morgan fingerprint density at radius 1 is 1.26 bits per heavy atom. The topological polar surface area (TPSA) is 20.3 Å². The molecule has 1 aliphatic rings. The molecule has 0 heterocycles. The minimum atomic E-state index is 0.227. The zero-order chi connectivity index (χ0) is 13.8. The van der Waals surface area contributed by atoms with Gasteiger partial charge in [-0.15, -0.1) is 0 Å². The Bertz CT molecular complexity index is 453. The summed E-state index contributed by atoms with van der Waals surface area (Å²) in [5.41, 5.74) is 4.11. The second-order valence-electron chi connectivity index (χ2n) is 5.75. The van der Waals surface area contributed by atoms with Crippen molar-refractivity contribution in [2.24, 2.45) is 0 Å². The number of carbonyl (C=O) groups excluding carboxylic acids is 1. The van der Waals surface area contributed by atoms with Crippen molar-refractivity contribution in [3.8, 4) is 0 Å². The molecule has 19 heavy (non-hydrogen) atoms. The fourth-order valence-corrected chi connectivity index (χ4v) is 2.72. The molecule has 1 amide bonds. The van der Waals surface area contributed by atoms with Gasteiger partial charge >= 0.3 is 0 Å². The number of carbonyl (C=O) groups is 1. The Balaban J connectivity index is 2.05. The van der Waals surface area contributed by atoms with Crippen molar-refractivity contribution in [2.75, 3.05) is 7.05 Å². The van der Waals surface area contributed by atoms with E-state index in [1.165, 1.54) is 42.4 Å². The summed E-state index contributed by atoms with van der Waals surface area (Å²) in [6.07, 6.45) is 6.52. The van der Waals surface area contributed by atoms with Crippen LogP contribution in [0.4, 0.5) is 0 Å². The Hall–Kier alpha value is -1.31. The molecule has 0 radical (unpaired) electrons. The molecule has 0 fully saturated rings. The quantitative estimate of drug-likeness (QED) is 0.812. The highest BCUT2D eigenvalue weighted by atomic mass is 16.2. The fourth-order valence-electron chi connectivity index (χ4n) is 2.72. The molecule has 1 aromatic carbocycles. The molecule has 1 aliphatic carbocycles. The number of hydrogen-bond acceptors (Lipinski definition) is 1. The first-order valence-electron chi connectivity index (χ1n) is 7.48. The number of benzene rings is 1. The van der Waals surface area contributed by atoms with E-state index in [1.807, 2.05) is 11.9 Å². The minimum absolute atomic E-state index is 0.227. The van der Waals surface area contributed by atoms with Crippen LogP contribution in [0.2, 0.25) is 0 Å². The van der Waals surface area contributed by atoms with Gasteiger partial charge in [-0.05, 0) is 55.7 Å². The highest BCUT2D eigenvalue weighted by Crippen LogP contribution is 2.22. The molecule has 2 heteroatoms. The summed E-state index contributed by atoms with van der Waals surface area (Å²) < 4.78 is 0. The molecule has 0 N–H and O–H groups in total. The number of rotatable bonds is 4. The molecule has 1 aromatic rings. The fraction of sp³-hybridized carbons (Fsp3) is 0.588. The Labute approximate surface area is 116 Å². The summed E-state index contributed by atoms with van der Waals surface area (Å²) in [6, 6.07) is 6.93. The van der Waals surface area contributed by atoms with Crippen LogP contribution in [0, 0.1) is 0 Å². The standard InChI is InChI=1S/C17H25NO/c1-4-13(2)18(3)17(19)12-14-9-10-15-7-5-6-8-16(15)11-14/h9-11,13H,4-8,12H2,1-3H3. The normalized spacial score (nSPS) is 15.7. The lowest BCUT2D eigenvalue weighted by Crippen LogP contribution is -2.35. The summed E-state index contributed by atoms with van der Waals surface area (Å²) in [5.74, 6) is 0.227. The van der Waals surface area contributed by atoms with Gasteiger partial charge in [0.05, 0.1) is 6.42 Å². The number of likely N-dealkylation sites (N-methyl/N-ethyl adjacent to an activating group) is 1. The molecular weight excluding hydrogens is 234 g/mol. The largest absolute Gasteiger partial charge is 0.343 e. The predicted octanol–water partition coefficient (Wildman–Crippen LogP) is 3.36. The highest BCUT2D eigenvalue weighted by molar-refractivity contribution is 5.78. The van der Waals surface area contributed by atoms with Crippen molar-refractivity contribution >= 4 is 5.91 Å². The number of aryl methyl sites for hydroxylation is 2. The third-order valence-corrected chi connectivity index (χ3v) is 4.41. The van der Waals surface area contributed by atoms with Crippen LogP contribution in [0.5, 0.6) is 0 Å². The number of amides is 1. The van der Waals surface area contributed by atoms with Gasteiger partial charge < -0.3 is 4.90 Å². The van der Waals surface area contributed by atoms with Gasteiger partial charge in [0.1, 0.15) is 0 Å². The van der Waals surface area contributed by atoms with Crippen molar-refractivity contribution in [1.29, 1.82) is 0 Å². The van der Waals surface area contributed by atoms with Crippen LogP contribution < -0.4 is 0 Å². The van der Waals surface area contributed by atoms with Gasteiger partial charge in [0.15, 0.2) is 0 Å². The van der Waals surface area contributed by atoms with Crippen LogP contribution in [0.3, 0.4) is 0 Å². The predicted molar refractivity (Wildman–Crippen MR) is 79.3 cm³/mol. The number of nitrogens with zero attached hydrogens (tertiary/aromatic N) is 1. The molecular formula is C17H25NO. The van der Waals surface area contributed by atoms with Crippen LogP contribution in [0.15, 0.2) is 18.2 Å². The second kappa shape index (κ2) is 6.23.